The van der Waals surface area contributed by atoms with Gasteiger partial charge in [0.05, 0.1) is 5.56 Å². The van der Waals surface area contributed by atoms with E-state index in [2.05, 4.69) is 28.5 Å². The molecule has 4 heteroatoms. The van der Waals surface area contributed by atoms with Gasteiger partial charge in [0.1, 0.15) is 10.8 Å². The van der Waals surface area contributed by atoms with Gasteiger partial charge in [0.25, 0.3) is 0 Å². The molecule has 17 heavy (non-hydrogen) atoms. The highest BCUT2D eigenvalue weighted by atomic mass is 32.1. The first-order valence-electron chi connectivity index (χ1n) is 5.81. The van der Waals surface area contributed by atoms with Crippen LogP contribution in [-0.2, 0) is 0 Å². The second-order valence-corrected chi connectivity index (χ2v) is 5.21. The average Bonchev–Trinajstić information content (AvgIpc) is 3.13. The van der Waals surface area contributed by atoms with Gasteiger partial charge in [-0.25, -0.2) is 0 Å². The van der Waals surface area contributed by atoms with Crippen molar-refractivity contribution in [3.63, 3.8) is 0 Å². The zero-order chi connectivity index (χ0) is 11.8. The van der Waals surface area contributed by atoms with E-state index in [1.54, 1.807) is 0 Å². The summed E-state index contributed by atoms with van der Waals surface area (Å²) in [6, 6.07) is 10.9. The molecule has 2 aromatic rings. The minimum atomic E-state index is 0.642. The largest absolute Gasteiger partial charge is 0.382 e. The van der Waals surface area contributed by atoms with Crippen LogP contribution in [0.4, 0.5) is 10.8 Å². The molecule has 0 bridgehead atoms. The fourth-order valence-corrected chi connectivity index (χ4v) is 2.91. The van der Waals surface area contributed by atoms with Crippen molar-refractivity contribution in [3.8, 4) is 11.1 Å². The molecule has 3 nitrogen and oxygen atoms in total. The van der Waals surface area contributed by atoms with Crippen molar-refractivity contribution in [2.24, 2.45) is 0 Å². The highest BCUT2D eigenvalue weighted by Gasteiger charge is 2.29. The van der Waals surface area contributed by atoms with E-state index in [1.165, 1.54) is 29.4 Å². The third-order valence-corrected chi connectivity index (χ3v) is 4.13. The van der Waals surface area contributed by atoms with E-state index in [1.807, 2.05) is 18.2 Å². The summed E-state index contributed by atoms with van der Waals surface area (Å²) < 4.78 is 4.30. The molecule has 0 spiro atoms. The van der Waals surface area contributed by atoms with E-state index in [-0.39, 0.29) is 0 Å². The quantitative estimate of drug-likeness (QED) is 0.904. The second-order valence-electron chi connectivity index (χ2n) is 4.46. The van der Waals surface area contributed by atoms with Crippen molar-refractivity contribution < 1.29 is 0 Å². The van der Waals surface area contributed by atoms with E-state index in [4.69, 9.17) is 5.73 Å². The zero-order valence-electron chi connectivity index (χ0n) is 9.76. The maximum Gasteiger partial charge on any atom is 0.147 e. The first-order chi connectivity index (χ1) is 8.27. The van der Waals surface area contributed by atoms with E-state index in [9.17, 15) is 0 Å². The van der Waals surface area contributed by atoms with Gasteiger partial charge in [-0.05, 0) is 29.9 Å². The highest BCUT2D eigenvalue weighted by Crippen LogP contribution is 2.42. The average molecular weight is 245 g/mol. The molecule has 0 aliphatic heterocycles. The first kappa shape index (κ1) is 10.6. The van der Waals surface area contributed by atoms with Crippen molar-refractivity contribution in [2.75, 3.05) is 17.7 Å². The number of nitrogens with zero attached hydrogens (tertiary/aromatic N) is 2. The van der Waals surface area contributed by atoms with Gasteiger partial charge in [-0.3, -0.25) is 0 Å². The predicted octanol–water partition coefficient (Wildman–Crippen LogP) is 2.99. The van der Waals surface area contributed by atoms with Crippen LogP contribution in [0.5, 0.6) is 0 Å². The minimum absolute atomic E-state index is 0.642. The van der Waals surface area contributed by atoms with Crippen molar-refractivity contribution in [3.05, 3.63) is 30.3 Å². The Morgan fingerprint density at radius 2 is 2.00 bits per heavy atom. The van der Waals surface area contributed by atoms with Gasteiger partial charge in [-0.15, -0.1) is 0 Å². The van der Waals surface area contributed by atoms with Gasteiger partial charge < -0.3 is 10.6 Å². The molecule has 0 unspecified atom stereocenters. The molecule has 1 aromatic carbocycles. The van der Waals surface area contributed by atoms with Crippen molar-refractivity contribution in [1.82, 2.24) is 4.37 Å². The predicted molar refractivity (Wildman–Crippen MR) is 73.4 cm³/mol. The van der Waals surface area contributed by atoms with Crippen LogP contribution in [0, 0.1) is 0 Å². The normalized spacial score (nSPS) is 14.9. The van der Waals surface area contributed by atoms with Gasteiger partial charge in [-0.2, -0.15) is 4.37 Å². The molecule has 2 N–H and O–H groups in total. The SMILES string of the molecule is CN(c1snc(N)c1-c1ccccc1)C1CC1. The summed E-state index contributed by atoms with van der Waals surface area (Å²) in [7, 11) is 2.14. The Kier molecular flexibility index (Phi) is 2.52. The number of nitrogens with two attached hydrogens (primary N) is 1. The third kappa shape index (κ3) is 1.89. The van der Waals surface area contributed by atoms with Crippen molar-refractivity contribution >= 4 is 22.4 Å². The molecule has 1 aliphatic carbocycles. The third-order valence-electron chi connectivity index (χ3n) is 3.18. The number of aromatic nitrogens is 1. The lowest BCUT2D eigenvalue weighted by Crippen LogP contribution is -2.18. The molecule has 3 rings (SSSR count). The lowest BCUT2D eigenvalue weighted by atomic mass is 10.1. The number of anilines is 2. The summed E-state index contributed by atoms with van der Waals surface area (Å²) in [5, 5.41) is 1.19. The monoisotopic (exact) mass is 245 g/mol. The van der Waals surface area contributed by atoms with Crippen LogP contribution >= 0.6 is 11.5 Å². The van der Waals surface area contributed by atoms with Crippen LogP contribution in [0.2, 0.25) is 0 Å². The number of nitrogen functional groups attached to an aromatic ring is 1. The lowest BCUT2D eigenvalue weighted by molar-refractivity contribution is 0.930. The van der Waals surface area contributed by atoms with E-state index < -0.39 is 0 Å². The summed E-state index contributed by atoms with van der Waals surface area (Å²) in [5.74, 6) is 0.642. The Morgan fingerprint density at radius 1 is 1.29 bits per heavy atom. The molecule has 1 aromatic heterocycles. The van der Waals surface area contributed by atoms with Gasteiger partial charge in [-0.1, -0.05) is 30.3 Å². The van der Waals surface area contributed by atoms with Crippen LogP contribution in [0.25, 0.3) is 11.1 Å². The van der Waals surface area contributed by atoms with Crippen molar-refractivity contribution in [2.45, 2.75) is 18.9 Å². The van der Waals surface area contributed by atoms with Gasteiger partial charge in [0.15, 0.2) is 0 Å². The van der Waals surface area contributed by atoms with Crippen molar-refractivity contribution in [1.29, 1.82) is 0 Å². The topological polar surface area (TPSA) is 42.2 Å². The summed E-state index contributed by atoms with van der Waals surface area (Å²) in [5.41, 5.74) is 8.25. The fourth-order valence-electron chi connectivity index (χ4n) is 2.04. The molecule has 1 heterocycles. The number of hydrogen-bond acceptors (Lipinski definition) is 4. The molecule has 0 radical (unpaired) electrons. The van der Waals surface area contributed by atoms with Gasteiger partial charge in [0.2, 0.25) is 0 Å². The molecule has 88 valence electrons. The molecule has 0 amide bonds. The smallest absolute Gasteiger partial charge is 0.147 e. The highest BCUT2D eigenvalue weighted by molar-refractivity contribution is 7.11. The van der Waals surface area contributed by atoms with Crippen LogP contribution in [0.3, 0.4) is 0 Å². The molecule has 0 saturated heterocycles. The molecule has 1 fully saturated rings. The maximum absolute atomic E-state index is 6.00. The zero-order valence-corrected chi connectivity index (χ0v) is 10.6. The van der Waals surface area contributed by atoms with E-state index in [0.717, 1.165) is 11.1 Å². The van der Waals surface area contributed by atoms with Crippen LogP contribution < -0.4 is 10.6 Å². The Bertz CT molecular complexity index is 517. The number of rotatable bonds is 3. The maximum atomic E-state index is 6.00. The molecular weight excluding hydrogens is 230 g/mol. The summed E-state index contributed by atoms with van der Waals surface area (Å²) >= 11 is 1.50. The Hall–Kier alpha value is -1.55. The second kappa shape index (κ2) is 4.04. The van der Waals surface area contributed by atoms with Crippen LogP contribution in [-0.4, -0.2) is 17.5 Å². The Labute approximate surface area is 105 Å². The van der Waals surface area contributed by atoms with Gasteiger partial charge in [0, 0.05) is 13.1 Å². The molecule has 0 atom stereocenters. The fraction of sp³-hybridized carbons (Fsp3) is 0.308. The summed E-state index contributed by atoms with van der Waals surface area (Å²) in [4.78, 5) is 2.32. The first-order valence-corrected chi connectivity index (χ1v) is 6.58. The molecule has 1 aliphatic rings. The number of benzene rings is 1. The molecule has 1 saturated carbocycles. The standard InChI is InChI=1S/C13H15N3S/c1-16(10-7-8-10)13-11(12(14)15-17-13)9-5-3-2-4-6-9/h2-6,10H,7-8H2,1H3,(H2,14,15). The lowest BCUT2D eigenvalue weighted by Gasteiger charge is -2.17. The van der Waals surface area contributed by atoms with Crippen LogP contribution in [0.1, 0.15) is 12.8 Å². The summed E-state index contributed by atoms with van der Waals surface area (Å²) in [6.45, 7) is 0. The molecular formula is C13H15N3S. The van der Waals surface area contributed by atoms with E-state index in [0.29, 0.717) is 11.9 Å². The summed E-state index contributed by atoms with van der Waals surface area (Å²) in [6.07, 6.45) is 2.56. The number of hydrogen-bond donors (Lipinski definition) is 1. The van der Waals surface area contributed by atoms with Crippen LogP contribution in [0.15, 0.2) is 30.3 Å². The Morgan fingerprint density at radius 3 is 2.65 bits per heavy atom. The van der Waals surface area contributed by atoms with E-state index >= 15 is 0 Å². The van der Waals surface area contributed by atoms with Gasteiger partial charge >= 0.3 is 0 Å². The minimum Gasteiger partial charge on any atom is -0.382 e. The Balaban J connectivity index is 2.06.